The van der Waals surface area contributed by atoms with Gasteiger partial charge in [-0.1, -0.05) is 11.6 Å². The van der Waals surface area contributed by atoms with E-state index in [1.54, 1.807) is 0 Å². The monoisotopic (exact) mass is 374 g/mol. The Labute approximate surface area is 134 Å². The number of carbonyl (C=O) groups is 1. The summed E-state index contributed by atoms with van der Waals surface area (Å²) in [5.41, 5.74) is 2.11. The Hall–Kier alpha value is -1.11. The number of carbonyl (C=O) groups excluding carboxylic acids is 1. The Balaban J connectivity index is 2.31. The molecule has 2 rings (SSSR count). The van der Waals surface area contributed by atoms with Crippen LogP contribution in [0, 0.1) is 13.8 Å². The maximum Gasteiger partial charge on any atom is 0.357 e. The highest BCUT2D eigenvalue weighted by Crippen LogP contribution is 2.33. The van der Waals surface area contributed by atoms with Crippen molar-refractivity contribution in [2.24, 2.45) is 0 Å². The zero-order valence-corrected chi connectivity index (χ0v) is 14.2. The van der Waals surface area contributed by atoms with Gasteiger partial charge in [-0.2, -0.15) is 0 Å². The number of ether oxygens (including phenoxy) is 1. The third-order valence-electron chi connectivity index (χ3n) is 2.67. The fraction of sp³-hybridized carbons (Fsp3) is 0.231. The molecule has 0 aliphatic carbocycles. The number of thiazole rings is 1. The molecule has 0 unspecified atom stereocenters. The average molecular weight is 376 g/mol. The number of benzene rings is 1. The van der Waals surface area contributed by atoms with Crippen LogP contribution >= 0.6 is 38.9 Å². The number of halogens is 2. The van der Waals surface area contributed by atoms with Crippen molar-refractivity contribution in [1.29, 1.82) is 0 Å². The zero-order valence-electron chi connectivity index (χ0n) is 11.1. The van der Waals surface area contributed by atoms with Gasteiger partial charge in [0.1, 0.15) is 0 Å². The number of aromatic nitrogens is 1. The number of methoxy groups -OCH3 is 1. The SMILES string of the molecule is COC(=O)c1nc(Nc2cc(Cl)c(C)cc2Br)sc1C. The molecule has 0 saturated carbocycles. The first-order valence-corrected chi connectivity index (χ1v) is 7.69. The summed E-state index contributed by atoms with van der Waals surface area (Å²) in [5.74, 6) is -0.437. The predicted octanol–water partition coefficient (Wildman–Crippen LogP) is 4.71. The largest absolute Gasteiger partial charge is 0.464 e. The molecule has 0 amide bonds. The summed E-state index contributed by atoms with van der Waals surface area (Å²) < 4.78 is 5.57. The Kier molecular flexibility index (Phi) is 4.67. The van der Waals surface area contributed by atoms with Crippen molar-refractivity contribution in [2.75, 3.05) is 12.4 Å². The molecule has 2 aromatic rings. The molecule has 0 fully saturated rings. The quantitative estimate of drug-likeness (QED) is 0.790. The Bertz CT molecular complexity index is 673. The van der Waals surface area contributed by atoms with Crippen LogP contribution in [0.2, 0.25) is 5.02 Å². The van der Waals surface area contributed by atoms with Crippen molar-refractivity contribution in [3.63, 3.8) is 0 Å². The molecule has 1 aromatic carbocycles. The normalized spacial score (nSPS) is 10.4. The summed E-state index contributed by atoms with van der Waals surface area (Å²) in [6.45, 7) is 3.76. The van der Waals surface area contributed by atoms with E-state index in [1.807, 2.05) is 26.0 Å². The van der Waals surface area contributed by atoms with E-state index < -0.39 is 5.97 Å². The van der Waals surface area contributed by atoms with Crippen molar-refractivity contribution in [3.05, 3.63) is 37.8 Å². The fourth-order valence-electron chi connectivity index (χ4n) is 1.59. The summed E-state index contributed by atoms with van der Waals surface area (Å²) in [4.78, 5) is 16.6. The third-order valence-corrected chi connectivity index (χ3v) is 4.61. The number of aryl methyl sites for hydroxylation is 2. The summed E-state index contributed by atoms with van der Waals surface area (Å²) in [6.07, 6.45) is 0. The predicted molar refractivity (Wildman–Crippen MR) is 85.4 cm³/mol. The molecule has 0 aliphatic heterocycles. The molecule has 0 aliphatic rings. The van der Waals surface area contributed by atoms with Crippen LogP contribution in [0.3, 0.4) is 0 Å². The molecule has 0 saturated heterocycles. The van der Waals surface area contributed by atoms with Crippen LogP contribution in [-0.4, -0.2) is 18.1 Å². The van der Waals surface area contributed by atoms with Crippen LogP contribution in [-0.2, 0) is 4.74 Å². The molecular formula is C13H12BrClN2O2S. The minimum Gasteiger partial charge on any atom is -0.464 e. The Morgan fingerprint density at radius 1 is 1.45 bits per heavy atom. The van der Waals surface area contributed by atoms with Crippen molar-refractivity contribution < 1.29 is 9.53 Å². The Morgan fingerprint density at radius 3 is 2.80 bits per heavy atom. The van der Waals surface area contributed by atoms with Gasteiger partial charge in [0.2, 0.25) is 0 Å². The van der Waals surface area contributed by atoms with Crippen molar-refractivity contribution >= 4 is 55.7 Å². The molecular weight excluding hydrogens is 364 g/mol. The average Bonchev–Trinajstić information content (AvgIpc) is 2.76. The number of hydrogen-bond acceptors (Lipinski definition) is 5. The number of rotatable bonds is 3. The van der Waals surface area contributed by atoms with Crippen molar-refractivity contribution in [1.82, 2.24) is 4.98 Å². The first kappa shape index (κ1) is 15.3. The van der Waals surface area contributed by atoms with Crippen molar-refractivity contribution in [3.8, 4) is 0 Å². The number of nitrogens with zero attached hydrogens (tertiary/aromatic N) is 1. The second kappa shape index (κ2) is 6.11. The van der Waals surface area contributed by atoms with E-state index in [0.29, 0.717) is 15.8 Å². The second-order valence-electron chi connectivity index (χ2n) is 4.12. The lowest BCUT2D eigenvalue weighted by Gasteiger charge is -2.08. The van der Waals surface area contributed by atoms with E-state index in [9.17, 15) is 4.79 Å². The molecule has 1 N–H and O–H groups in total. The van der Waals surface area contributed by atoms with Crippen molar-refractivity contribution in [2.45, 2.75) is 13.8 Å². The van der Waals surface area contributed by atoms with Crippen LogP contribution in [0.1, 0.15) is 20.9 Å². The van der Waals surface area contributed by atoms with Crippen LogP contribution in [0.25, 0.3) is 0 Å². The van der Waals surface area contributed by atoms with Gasteiger partial charge in [-0.25, -0.2) is 9.78 Å². The van der Waals surface area contributed by atoms with E-state index in [0.717, 1.165) is 20.6 Å². The van der Waals surface area contributed by atoms with Crippen LogP contribution in [0.5, 0.6) is 0 Å². The third kappa shape index (κ3) is 3.13. The number of nitrogens with one attached hydrogen (secondary N) is 1. The molecule has 1 heterocycles. The molecule has 7 heteroatoms. The minimum atomic E-state index is -0.437. The molecule has 0 spiro atoms. The van der Waals surface area contributed by atoms with Gasteiger partial charge in [0.15, 0.2) is 10.8 Å². The van der Waals surface area contributed by atoms with Gasteiger partial charge in [0, 0.05) is 14.4 Å². The zero-order chi connectivity index (χ0) is 14.9. The molecule has 20 heavy (non-hydrogen) atoms. The highest BCUT2D eigenvalue weighted by atomic mass is 79.9. The highest BCUT2D eigenvalue weighted by molar-refractivity contribution is 9.10. The van der Waals surface area contributed by atoms with Crippen LogP contribution < -0.4 is 5.32 Å². The number of hydrogen-bond donors (Lipinski definition) is 1. The molecule has 0 bridgehead atoms. The number of esters is 1. The first-order chi connectivity index (χ1) is 9.42. The van der Waals surface area contributed by atoms with E-state index in [1.165, 1.54) is 18.4 Å². The van der Waals surface area contributed by atoms with Crippen LogP contribution in [0.15, 0.2) is 16.6 Å². The number of anilines is 2. The molecule has 106 valence electrons. The topological polar surface area (TPSA) is 51.2 Å². The van der Waals surface area contributed by atoms with Gasteiger partial charge < -0.3 is 10.1 Å². The maximum absolute atomic E-state index is 11.5. The smallest absolute Gasteiger partial charge is 0.357 e. The van der Waals surface area contributed by atoms with Gasteiger partial charge in [0.25, 0.3) is 0 Å². The summed E-state index contributed by atoms with van der Waals surface area (Å²) in [6, 6.07) is 3.74. The van der Waals surface area contributed by atoms with Gasteiger partial charge >= 0.3 is 5.97 Å². The van der Waals surface area contributed by atoms with Gasteiger partial charge in [-0.15, -0.1) is 11.3 Å². The van der Waals surface area contributed by atoms with E-state index in [4.69, 9.17) is 11.6 Å². The lowest BCUT2D eigenvalue weighted by Crippen LogP contribution is -2.03. The summed E-state index contributed by atoms with van der Waals surface area (Å²) >= 11 is 11.0. The lowest BCUT2D eigenvalue weighted by atomic mass is 10.2. The molecule has 0 radical (unpaired) electrons. The molecule has 4 nitrogen and oxygen atoms in total. The molecule has 0 atom stereocenters. The first-order valence-electron chi connectivity index (χ1n) is 5.70. The summed E-state index contributed by atoms with van der Waals surface area (Å²) in [5, 5.41) is 4.43. The lowest BCUT2D eigenvalue weighted by molar-refractivity contribution is 0.0594. The fourth-order valence-corrected chi connectivity index (χ4v) is 3.13. The minimum absolute atomic E-state index is 0.328. The van der Waals surface area contributed by atoms with Gasteiger partial charge in [-0.3, -0.25) is 0 Å². The Morgan fingerprint density at radius 2 is 2.15 bits per heavy atom. The van der Waals surface area contributed by atoms with E-state index >= 15 is 0 Å². The molecule has 1 aromatic heterocycles. The van der Waals surface area contributed by atoms with E-state index in [-0.39, 0.29) is 0 Å². The second-order valence-corrected chi connectivity index (χ2v) is 6.59. The van der Waals surface area contributed by atoms with Crippen LogP contribution in [0.4, 0.5) is 10.8 Å². The summed E-state index contributed by atoms with van der Waals surface area (Å²) in [7, 11) is 1.34. The standard InChI is InChI=1S/C13H12BrClN2O2S/c1-6-4-8(14)10(5-9(6)15)16-13-17-11(7(2)20-13)12(18)19-3/h4-5H,1-3H3,(H,16,17). The van der Waals surface area contributed by atoms with E-state index in [2.05, 4.69) is 31.0 Å². The highest BCUT2D eigenvalue weighted by Gasteiger charge is 2.16. The van der Waals surface area contributed by atoms with Gasteiger partial charge in [-0.05, 0) is 47.5 Å². The van der Waals surface area contributed by atoms with Gasteiger partial charge in [0.05, 0.1) is 12.8 Å². The maximum atomic E-state index is 11.5.